The highest BCUT2D eigenvalue weighted by Crippen LogP contribution is 2.11. The molecular weight excluding hydrogens is 152 g/mol. The van der Waals surface area contributed by atoms with E-state index in [2.05, 4.69) is 27.1 Å². The van der Waals surface area contributed by atoms with Crippen molar-refractivity contribution in [2.75, 3.05) is 13.6 Å². The predicted molar refractivity (Wildman–Crippen MR) is 44.5 cm³/mol. The molecule has 2 rings (SSSR count). The zero-order valence-corrected chi connectivity index (χ0v) is 7.19. The SMILES string of the molecule is CN1CCCc2ncnnc2C1. The first-order valence-electron chi connectivity index (χ1n) is 4.20. The number of aromatic nitrogens is 3. The molecule has 0 amide bonds. The Morgan fingerprint density at radius 3 is 3.25 bits per heavy atom. The van der Waals surface area contributed by atoms with Gasteiger partial charge in [0.25, 0.3) is 0 Å². The largest absolute Gasteiger partial charge is 0.300 e. The molecule has 0 saturated heterocycles. The van der Waals surface area contributed by atoms with E-state index in [1.807, 2.05) is 0 Å². The third kappa shape index (κ3) is 1.43. The molecule has 1 aliphatic heterocycles. The molecule has 0 aliphatic carbocycles. The molecule has 0 fully saturated rings. The highest BCUT2D eigenvalue weighted by atomic mass is 15.2. The standard InChI is InChI=1S/C8H12N4/c1-12-4-2-3-7-8(5-12)11-10-6-9-7/h6H,2-5H2,1H3. The second-order valence-corrected chi connectivity index (χ2v) is 3.19. The quantitative estimate of drug-likeness (QED) is 0.551. The lowest BCUT2D eigenvalue weighted by molar-refractivity contribution is 0.328. The Bertz CT molecular complexity index is 274. The van der Waals surface area contributed by atoms with Crippen molar-refractivity contribution in [3.05, 3.63) is 17.7 Å². The summed E-state index contributed by atoms with van der Waals surface area (Å²) < 4.78 is 0. The number of nitrogens with zero attached hydrogens (tertiary/aromatic N) is 4. The fourth-order valence-corrected chi connectivity index (χ4v) is 1.51. The minimum Gasteiger partial charge on any atom is -0.300 e. The number of aryl methyl sites for hydroxylation is 1. The van der Waals surface area contributed by atoms with Gasteiger partial charge in [-0.25, -0.2) is 4.98 Å². The van der Waals surface area contributed by atoms with Gasteiger partial charge in [-0.1, -0.05) is 0 Å². The van der Waals surface area contributed by atoms with Gasteiger partial charge in [0.1, 0.15) is 6.33 Å². The van der Waals surface area contributed by atoms with Gasteiger partial charge in [0, 0.05) is 6.54 Å². The van der Waals surface area contributed by atoms with Crippen LogP contribution >= 0.6 is 0 Å². The lowest BCUT2D eigenvalue weighted by Crippen LogP contribution is -2.18. The monoisotopic (exact) mass is 164 g/mol. The van der Waals surface area contributed by atoms with Crippen LogP contribution in [0.2, 0.25) is 0 Å². The topological polar surface area (TPSA) is 41.9 Å². The van der Waals surface area contributed by atoms with Gasteiger partial charge in [-0.3, -0.25) is 0 Å². The van der Waals surface area contributed by atoms with Crippen LogP contribution in [0.3, 0.4) is 0 Å². The Labute approximate surface area is 71.6 Å². The molecule has 0 unspecified atom stereocenters. The number of hydrogen-bond acceptors (Lipinski definition) is 4. The molecule has 1 aromatic heterocycles. The van der Waals surface area contributed by atoms with Gasteiger partial charge in [0.2, 0.25) is 0 Å². The highest BCUT2D eigenvalue weighted by Gasteiger charge is 2.12. The van der Waals surface area contributed by atoms with E-state index in [4.69, 9.17) is 0 Å². The molecule has 64 valence electrons. The van der Waals surface area contributed by atoms with Crippen LogP contribution in [0.1, 0.15) is 17.8 Å². The first kappa shape index (κ1) is 7.61. The van der Waals surface area contributed by atoms with E-state index in [9.17, 15) is 0 Å². The molecule has 0 atom stereocenters. The first-order chi connectivity index (χ1) is 5.86. The fourth-order valence-electron chi connectivity index (χ4n) is 1.51. The Kier molecular flexibility index (Phi) is 1.99. The maximum Gasteiger partial charge on any atom is 0.138 e. The van der Waals surface area contributed by atoms with Crippen molar-refractivity contribution in [3.8, 4) is 0 Å². The van der Waals surface area contributed by atoms with Crippen molar-refractivity contribution < 1.29 is 0 Å². The summed E-state index contributed by atoms with van der Waals surface area (Å²) in [5, 5.41) is 7.86. The summed E-state index contributed by atoms with van der Waals surface area (Å²) in [6, 6.07) is 0. The summed E-state index contributed by atoms with van der Waals surface area (Å²) in [7, 11) is 2.10. The van der Waals surface area contributed by atoms with Gasteiger partial charge in [-0.2, -0.15) is 5.10 Å². The summed E-state index contributed by atoms with van der Waals surface area (Å²) in [6.45, 7) is 2.01. The van der Waals surface area contributed by atoms with E-state index in [-0.39, 0.29) is 0 Å². The van der Waals surface area contributed by atoms with Crippen LogP contribution in [0.5, 0.6) is 0 Å². The van der Waals surface area contributed by atoms with Crippen molar-refractivity contribution in [3.63, 3.8) is 0 Å². The minimum atomic E-state index is 0.885. The molecule has 0 saturated carbocycles. The molecule has 1 aliphatic rings. The summed E-state index contributed by atoms with van der Waals surface area (Å²) in [6.07, 6.45) is 3.74. The fraction of sp³-hybridized carbons (Fsp3) is 0.625. The smallest absolute Gasteiger partial charge is 0.138 e. The Balaban J connectivity index is 2.31. The van der Waals surface area contributed by atoms with Crippen LogP contribution in [-0.4, -0.2) is 33.7 Å². The van der Waals surface area contributed by atoms with Crippen molar-refractivity contribution in [1.82, 2.24) is 20.1 Å². The molecule has 0 aromatic carbocycles. The molecule has 0 bridgehead atoms. The maximum atomic E-state index is 4.21. The Morgan fingerprint density at radius 1 is 1.42 bits per heavy atom. The second-order valence-electron chi connectivity index (χ2n) is 3.19. The van der Waals surface area contributed by atoms with Crippen LogP contribution in [-0.2, 0) is 13.0 Å². The number of rotatable bonds is 0. The van der Waals surface area contributed by atoms with E-state index in [1.165, 1.54) is 12.7 Å². The van der Waals surface area contributed by atoms with Crippen molar-refractivity contribution in [2.24, 2.45) is 0 Å². The molecule has 4 heteroatoms. The van der Waals surface area contributed by atoms with E-state index < -0.39 is 0 Å². The van der Waals surface area contributed by atoms with Crippen molar-refractivity contribution in [1.29, 1.82) is 0 Å². The Morgan fingerprint density at radius 2 is 2.33 bits per heavy atom. The molecule has 12 heavy (non-hydrogen) atoms. The molecule has 2 heterocycles. The van der Waals surface area contributed by atoms with Crippen LogP contribution in [0.25, 0.3) is 0 Å². The predicted octanol–water partition coefficient (Wildman–Crippen LogP) is 0.250. The zero-order valence-electron chi connectivity index (χ0n) is 7.19. The Hall–Kier alpha value is -1.03. The van der Waals surface area contributed by atoms with Gasteiger partial charge in [0.05, 0.1) is 11.4 Å². The van der Waals surface area contributed by atoms with Gasteiger partial charge < -0.3 is 4.90 Å². The lowest BCUT2D eigenvalue weighted by atomic mass is 10.2. The second kappa shape index (κ2) is 3.15. The minimum absolute atomic E-state index is 0.885. The van der Waals surface area contributed by atoms with Crippen molar-refractivity contribution in [2.45, 2.75) is 19.4 Å². The molecule has 0 radical (unpaired) electrons. The molecule has 0 spiro atoms. The zero-order chi connectivity index (χ0) is 8.39. The van der Waals surface area contributed by atoms with E-state index in [0.29, 0.717) is 0 Å². The third-order valence-corrected chi connectivity index (χ3v) is 2.15. The molecular formula is C8H12N4. The van der Waals surface area contributed by atoms with E-state index >= 15 is 0 Å². The average Bonchev–Trinajstić information content (AvgIpc) is 2.25. The van der Waals surface area contributed by atoms with Gasteiger partial charge in [-0.05, 0) is 26.4 Å². The summed E-state index contributed by atoms with van der Waals surface area (Å²) >= 11 is 0. The van der Waals surface area contributed by atoms with Crippen LogP contribution in [0.15, 0.2) is 6.33 Å². The highest BCUT2D eigenvalue weighted by molar-refractivity contribution is 5.09. The third-order valence-electron chi connectivity index (χ3n) is 2.15. The normalized spacial score (nSPS) is 18.4. The van der Waals surface area contributed by atoms with Crippen LogP contribution in [0, 0.1) is 0 Å². The van der Waals surface area contributed by atoms with Gasteiger partial charge >= 0.3 is 0 Å². The molecule has 4 nitrogen and oxygen atoms in total. The van der Waals surface area contributed by atoms with E-state index in [1.54, 1.807) is 0 Å². The summed E-state index contributed by atoms with van der Waals surface area (Å²) in [5.41, 5.74) is 2.16. The summed E-state index contributed by atoms with van der Waals surface area (Å²) in [4.78, 5) is 6.47. The van der Waals surface area contributed by atoms with Crippen LogP contribution < -0.4 is 0 Å². The van der Waals surface area contributed by atoms with Crippen LogP contribution in [0.4, 0.5) is 0 Å². The summed E-state index contributed by atoms with van der Waals surface area (Å²) in [5.74, 6) is 0. The van der Waals surface area contributed by atoms with Gasteiger partial charge in [0.15, 0.2) is 0 Å². The lowest BCUT2D eigenvalue weighted by Gasteiger charge is -2.11. The molecule has 1 aromatic rings. The number of fused-ring (bicyclic) bond motifs is 1. The van der Waals surface area contributed by atoms with E-state index in [0.717, 1.165) is 30.9 Å². The number of hydrogen-bond donors (Lipinski definition) is 0. The van der Waals surface area contributed by atoms with Gasteiger partial charge in [-0.15, -0.1) is 5.10 Å². The van der Waals surface area contributed by atoms with Crippen molar-refractivity contribution >= 4 is 0 Å². The average molecular weight is 164 g/mol. The molecule has 0 N–H and O–H groups in total. The first-order valence-corrected chi connectivity index (χ1v) is 4.20. The maximum absolute atomic E-state index is 4.21.